The molecule has 0 saturated carbocycles. The quantitative estimate of drug-likeness (QED) is 0.188. The van der Waals surface area contributed by atoms with E-state index in [2.05, 4.69) is 4.74 Å². The van der Waals surface area contributed by atoms with Gasteiger partial charge in [0.15, 0.2) is 11.6 Å². The Labute approximate surface area is 220 Å². The molecule has 206 valence electrons. The molecule has 0 aliphatic carbocycles. The van der Waals surface area contributed by atoms with Gasteiger partial charge >= 0.3 is 6.36 Å². The summed E-state index contributed by atoms with van der Waals surface area (Å²) in [5, 5.41) is 0.863. The van der Waals surface area contributed by atoms with Crippen LogP contribution in [0.4, 0.5) is 35.1 Å². The normalized spacial score (nSPS) is 11.8. The molecule has 4 aromatic rings. The molecule has 0 bridgehead atoms. The molecule has 0 heterocycles. The molecule has 0 radical (unpaired) electrons. The van der Waals surface area contributed by atoms with Crippen molar-refractivity contribution in [3.05, 3.63) is 112 Å². The van der Waals surface area contributed by atoms with Crippen molar-refractivity contribution in [3.63, 3.8) is 0 Å². The predicted octanol–water partition coefficient (Wildman–Crippen LogP) is 8.96. The summed E-state index contributed by atoms with van der Waals surface area (Å²) in [5.41, 5.74) is 1.66. The maximum Gasteiger partial charge on any atom is 0.573 e. The van der Waals surface area contributed by atoms with E-state index in [4.69, 9.17) is 0 Å². The van der Waals surface area contributed by atoms with Crippen LogP contribution in [0, 0.1) is 29.1 Å². The minimum absolute atomic E-state index is 0.00218. The van der Waals surface area contributed by atoms with Crippen molar-refractivity contribution in [2.24, 2.45) is 0 Å². The summed E-state index contributed by atoms with van der Waals surface area (Å²) in [4.78, 5) is 0. The van der Waals surface area contributed by atoms with Crippen LogP contribution in [0.15, 0.2) is 54.6 Å². The second-order valence-electron chi connectivity index (χ2n) is 9.32. The van der Waals surface area contributed by atoms with Crippen LogP contribution >= 0.6 is 0 Å². The first-order valence-corrected chi connectivity index (χ1v) is 12.4. The van der Waals surface area contributed by atoms with E-state index < -0.39 is 41.2 Å². The number of fused-ring (bicyclic) bond motifs is 1. The summed E-state index contributed by atoms with van der Waals surface area (Å²) in [7, 11) is 0. The molecule has 0 atom stereocenters. The molecule has 0 aliphatic heterocycles. The van der Waals surface area contributed by atoms with Crippen LogP contribution in [0.5, 0.6) is 5.75 Å². The van der Waals surface area contributed by atoms with Gasteiger partial charge in [-0.25, -0.2) is 22.0 Å². The minimum Gasteiger partial charge on any atom is -0.399 e. The van der Waals surface area contributed by atoms with Gasteiger partial charge in [-0.3, -0.25) is 0 Å². The third kappa shape index (κ3) is 6.88. The van der Waals surface area contributed by atoms with Crippen molar-refractivity contribution >= 4 is 10.8 Å². The molecule has 0 aliphatic rings. The molecule has 9 heteroatoms. The van der Waals surface area contributed by atoms with E-state index >= 15 is 4.39 Å². The lowest BCUT2D eigenvalue weighted by molar-refractivity contribution is -0.276. The Bertz CT molecular complexity index is 1450. The van der Waals surface area contributed by atoms with Crippen LogP contribution in [-0.2, 0) is 32.1 Å². The highest BCUT2D eigenvalue weighted by atomic mass is 19.4. The lowest BCUT2D eigenvalue weighted by Gasteiger charge is -2.12. The van der Waals surface area contributed by atoms with Crippen LogP contribution in [-0.4, -0.2) is 6.36 Å². The van der Waals surface area contributed by atoms with E-state index in [0.717, 1.165) is 24.1 Å². The topological polar surface area (TPSA) is 9.23 Å². The maximum absolute atomic E-state index is 15.2. The van der Waals surface area contributed by atoms with Crippen molar-refractivity contribution in [1.82, 2.24) is 0 Å². The highest BCUT2D eigenvalue weighted by Gasteiger charge is 2.34. The average Bonchev–Trinajstić information content (AvgIpc) is 2.85. The van der Waals surface area contributed by atoms with E-state index in [1.807, 2.05) is 6.92 Å². The molecule has 0 fully saturated rings. The average molecular weight is 553 g/mol. The molecule has 1 nitrogen and oxygen atoms in total. The van der Waals surface area contributed by atoms with Crippen LogP contribution in [0.1, 0.15) is 41.2 Å². The van der Waals surface area contributed by atoms with Gasteiger partial charge in [-0.05, 0) is 84.0 Å². The first-order chi connectivity index (χ1) is 18.4. The van der Waals surface area contributed by atoms with E-state index in [9.17, 15) is 30.7 Å². The Kier molecular flexibility index (Phi) is 8.47. The third-order valence-electron chi connectivity index (χ3n) is 6.46. The highest BCUT2D eigenvalue weighted by Crippen LogP contribution is 2.30. The van der Waals surface area contributed by atoms with Crippen LogP contribution in [0.25, 0.3) is 10.8 Å². The molecular weight excluding hydrogens is 528 g/mol. The largest absolute Gasteiger partial charge is 0.573 e. The molecule has 0 N–H and O–H groups in total. The van der Waals surface area contributed by atoms with Gasteiger partial charge in [0.25, 0.3) is 0 Å². The van der Waals surface area contributed by atoms with Gasteiger partial charge in [-0.1, -0.05) is 43.7 Å². The summed E-state index contributed by atoms with van der Waals surface area (Å²) in [5.74, 6) is -6.27. The van der Waals surface area contributed by atoms with Crippen molar-refractivity contribution in [1.29, 1.82) is 0 Å². The summed E-state index contributed by atoms with van der Waals surface area (Å²) in [6.07, 6.45) is -3.41. The fourth-order valence-electron chi connectivity index (χ4n) is 4.58. The van der Waals surface area contributed by atoms with Gasteiger partial charge < -0.3 is 4.74 Å². The molecular formula is C30H24F8O. The zero-order valence-electron chi connectivity index (χ0n) is 20.9. The lowest BCUT2D eigenvalue weighted by atomic mass is 9.96. The summed E-state index contributed by atoms with van der Waals surface area (Å²) in [6.45, 7) is 1.93. The van der Waals surface area contributed by atoms with Gasteiger partial charge in [-0.15, -0.1) is 13.2 Å². The molecule has 4 aromatic carbocycles. The first-order valence-electron chi connectivity index (χ1n) is 12.4. The SMILES string of the molecule is CCCc1cc(F)c(CCc2ccc3c(F)c(CCc4cc(F)c(OC(F)(F)F)c(F)c4)ccc3c2)c(F)c1. The standard InChI is InChI=1S/C30H24F8O/c1-2-3-18-13-24(31)23(25(32)14-18)11-6-17-5-10-22-21(12-17)9-8-20(28(22)35)7-4-19-15-26(33)29(27(34)16-19)39-30(36,37)38/h5,8-10,12-16H,2-4,6-7,11H2,1H3. The number of aryl methyl sites for hydroxylation is 4. The van der Waals surface area contributed by atoms with E-state index in [-0.39, 0.29) is 36.0 Å². The Hall–Kier alpha value is -3.62. The maximum atomic E-state index is 15.2. The highest BCUT2D eigenvalue weighted by molar-refractivity contribution is 5.84. The third-order valence-corrected chi connectivity index (χ3v) is 6.46. The fourth-order valence-corrected chi connectivity index (χ4v) is 4.58. The Balaban J connectivity index is 1.46. The minimum atomic E-state index is -5.25. The van der Waals surface area contributed by atoms with Crippen molar-refractivity contribution in [2.75, 3.05) is 0 Å². The van der Waals surface area contributed by atoms with E-state index in [0.29, 0.717) is 29.2 Å². The fraction of sp³-hybridized carbons (Fsp3) is 0.267. The smallest absolute Gasteiger partial charge is 0.399 e. The van der Waals surface area contributed by atoms with Gasteiger partial charge in [0.1, 0.15) is 17.5 Å². The Morgan fingerprint density at radius 1 is 0.615 bits per heavy atom. The molecule has 39 heavy (non-hydrogen) atoms. The Morgan fingerprint density at radius 2 is 1.21 bits per heavy atom. The number of alkyl halides is 3. The van der Waals surface area contributed by atoms with Gasteiger partial charge in [0.05, 0.1) is 0 Å². The number of hydrogen-bond donors (Lipinski definition) is 0. The second-order valence-corrected chi connectivity index (χ2v) is 9.32. The lowest BCUT2D eigenvalue weighted by Crippen LogP contribution is -2.19. The monoisotopic (exact) mass is 552 g/mol. The molecule has 4 rings (SSSR count). The van der Waals surface area contributed by atoms with E-state index in [1.165, 1.54) is 18.2 Å². The first kappa shape index (κ1) is 28.4. The zero-order valence-corrected chi connectivity index (χ0v) is 20.9. The van der Waals surface area contributed by atoms with E-state index in [1.54, 1.807) is 24.3 Å². The number of rotatable bonds is 9. The Morgan fingerprint density at radius 3 is 1.82 bits per heavy atom. The summed E-state index contributed by atoms with van der Waals surface area (Å²) >= 11 is 0. The van der Waals surface area contributed by atoms with Crippen LogP contribution in [0.2, 0.25) is 0 Å². The molecule has 0 amide bonds. The molecule has 0 spiro atoms. The molecule has 0 aromatic heterocycles. The predicted molar refractivity (Wildman–Crippen MR) is 132 cm³/mol. The van der Waals surface area contributed by atoms with Crippen LogP contribution < -0.4 is 4.74 Å². The molecule has 0 unspecified atom stereocenters. The van der Waals surface area contributed by atoms with Gasteiger partial charge in [-0.2, -0.15) is 0 Å². The zero-order chi connectivity index (χ0) is 28.3. The van der Waals surface area contributed by atoms with Gasteiger partial charge in [0.2, 0.25) is 5.75 Å². The van der Waals surface area contributed by atoms with Crippen molar-refractivity contribution < 1.29 is 39.9 Å². The number of ether oxygens (including phenoxy) is 1. The number of benzene rings is 4. The van der Waals surface area contributed by atoms with Crippen molar-refractivity contribution in [3.8, 4) is 5.75 Å². The summed E-state index contributed by atoms with van der Waals surface area (Å²) in [6, 6.07) is 12.3. The number of hydrogen-bond acceptors (Lipinski definition) is 1. The molecule has 0 saturated heterocycles. The van der Waals surface area contributed by atoms with Crippen molar-refractivity contribution in [2.45, 2.75) is 51.8 Å². The van der Waals surface area contributed by atoms with Gasteiger partial charge in [0, 0.05) is 10.9 Å². The number of halogens is 8. The summed E-state index contributed by atoms with van der Waals surface area (Å²) < 4.78 is 112. The van der Waals surface area contributed by atoms with Crippen LogP contribution in [0.3, 0.4) is 0 Å². The second kappa shape index (κ2) is 11.6.